The lowest BCUT2D eigenvalue weighted by Gasteiger charge is -2.37. The Balaban J connectivity index is 1.31. The van der Waals surface area contributed by atoms with E-state index in [4.69, 9.17) is 0 Å². The molecule has 8 nitrogen and oxygen atoms in total. The number of amides is 2. The second kappa shape index (κ2) is 8.52. The lowest BCUT2D eigenvalue weighted by molar-refractivity contribution is -0.384. The number of piperazine rings is 1. The van der Waals surface area contributed by atoms with Crippen molar-refractivity contribution in [3.05, 3.63) is 70.3 Å². The minimum Gasteiger partial charge on any atom is -0.368 e. The van der Waals surface area contributed by atoms with Gasteiger partial charge in [0, 0.05) is 63.5 Å². The molecule has 0 saturated carbocycles. The maximum atomic E-state index is 13.0. The van der Waals surface area contributed by atoms with E-state index in [1.54, 1.807) is 17.0 Å². The molecule has 4 rings (SSSR count). The van der Waals surface area contributed by atoms with Crippen molar-refractivity contribution in [2.75, 3.05) is 37.6 Å². The molecule has 156 valence electrons. The van der Waals surface area contributed by atoms with Gasteiger partial charge in [-0.3, -0.25) is 19.7 Å². The van der Waals surface area contributed by atoms with E-state index in [9.17, 15) is 19.7 Å². The number of nitro benzene ring substituents is 1. The van der Waals surface area contributed by atoms with Crippen LogP contribution in [0.5, 0.6) is 0 Å². The third kappa shape index (κ3) is 4.27. The molecule has 0 radical (unpaired) electrons. The zero-order valence-corrected chi connectivity index (χ0v) is 16.6. The van der Waals surface area contributed by atoms with Crippen LogP contribution in [0.1, 0.15) is 12.0 Å². The number of nitro groups is 1. The van der Waals surface area contributed by atoms with E-state index in [1.165, 1.54) is 12.1 Å². The molecule has 2 aliphatic rings. The van der Waals surface area contributed by atoms with Crippen LogP contribution in [-0.2, 0) is 16.1 Å². The van der Waals surface area contributed by atoms with E-state index in [2.05, 4.69) is 4.90 Å². The first kappa shape index (κ1) is 19.9. The second-order valence-corrected chi connectivity index (χ2v) is 7.75. The van der Waals surface area contributed by atoms with Gasteiger partial charge in [0.15, 0.2) is 0 Å². The van der Waals surface area contributed by atoms with Gasteiger partial charge >= 0.3 is 0 Å². The van der Waals surface area contributed by atoms with Crippen molar-refractivity contribution in [3.63, 3.8) is 0 Å². The number of hydrogen-bond donors (Lipinski definition) is 0. The fourth-order valence-corrected chi connectivity index (χ4v) is 4.12. The highest BCUT2D eigenvalue weighted by Crippen LogP contribution is 2.24. The molecule has 2 heterocycles. The molecule has 2 fully saturated rings. The lowest BCUT2D eigenvalue weighted by Crippen LogP contribution is -2.50. The van der Waals surface area contributed by atoms with Crippen molar-refractivity contribution >= 4 is 23.2 Å². The minimum atomic E-state index is -0.412. The monoisotopic (exact) mass is 408 g/mol. The number of rotatable bonds is 5. The number of anilines is 1. The first-order valence-electron chi connectivity index (χ1n) is 10.1. The van der Waals surface area contributed by atoms with Gasteiger partial charge in [-0.05, 0) is 17.7 Å². The van der Waals surface area contributed by atoms with Gasteiger partial charge < -0.3 is 14.7 Å². The van der Waals surface area contributed by atoms with Crippen LogP contribution in [0.3, 0.4) is 0 Å². The molecule has 2 saturated heterocycles. The van der Waals surface area contributed by atoms with Crippen LogP contribution < -0.4 is 4.90 Å². The molecular formula is C22H24N4O4. The van der Waals surface area contributed by atoms with Crippen LogP contribution in [0.4, 0.5) is 11.4 Å². The van der Waals surface area contributed by atoms with Crippen molar-refractivity contribution in [1.82, 2.24) is 9.80 Å². The summed E-state index contributed by atoms with van der Waals surface area (Å²) in [4.78, 5) is 41.5. The van der Waals surface area contributed by atoms with Crippen molar-refractivity contribution in [2.45, 2.75) is 13.0 Å². The molecule has 0 aliphatic carbocycles. The van der Waals surface area contributed by atoms with Gasteiger partial charge in [0.2, 0.25) is 11.8 Å². The van der Waals surface area contributed by atoms with Gasteiger partial charge in [0.25, 0.3) is 5.69 Å². The summed E-state index contributed by atoms with van der Waals surface area (Å²) < 4.78 is 0. The minimum absolute atomic E-state index is 0.0294. The van der Waals surface area contributed by atoms with Gasteiger partial charge in [0.1, 0.15) is 0 Å². The van der Waals surface area contributed by atoms with Gasteiger partial charge in [-0.25, -0.2) is 0 Å². The summed E-state index contributed by atoms with van der Waals surface area (Å²) in [5, 5.41) is 10.8. The van der Waals surface area contributed by atoms with E-state index in [0.717, 1.165) is 11.3 Å². The molecule has 0 N–H and O–H groups in total. The molecule has 2 aromatic carbocycles. The zero-order valence-electron chi connectivity index (χ0n) is 16.6. The Morgan fingerprint density at radius 3 is 2.30 bits per heavy atom. The van der Waals surface area contributed by atoms with E-state index >= 15 is 0 Å². The maximum Gasteiger partial charge on any atom is 0.269 e. The SMILES string of the molecule is O=C1C[C@H](C(=O)N2CCN(c3ccc([N+](=O)[O-])cc3)CC2)CN1Cc1ccccc1. The third-order valence-electron chi connectivity index (χ3n) is 5.80. The number of carbonyl (C=O) groups is 2. The number of carbonyl (C=O) groups excluding carboxylic acids is 2. The molecular weight excluding hydrogens is 384 g/mol. The van der Waals surface area contributed by atoms with E-state index in [1.807, 2.05) is 35.2 Å². The number of benzene rings is 2. The van der Waals surface area contributed by atoms with E-state index in [0.29, 0.717) is 39.3 Å². The summed E-state index contributed by atoms with van der Waals surface area (Å²) >= 11 is 0. The van der Waals surface area contributed by atoms with Crippen molar-refractivity contribution in [3.8, 4) is 0 Å². The number of non-ortho nitro benzene ring substituents is 1. The normalized spacial score (nSPS) is 19.3. The predicted molar refractivity (Wildman–Crippen MR) is 112 cm³/mol. The van der Waals surface area contributed by atoms with Crippen molar-refractivity contribution in [1.29, 1.82) is 0 Å². The molecule has 2 aliphatic heterocycles. The first-order valence-corrected chi connectivity index (χ1v) is 10.1. The highest BCUT2D eigenvalue weighted by atomic mass is 16.6. The van der Waals surface area contributed by atoms with E-state index < -0.39 is 4.92 Å². The fourth-order valence-electron chi connectivity index (χ4n) is 4.12. The van der Waals surface area contributed by atoms with Gasteiger partial charge in [0.05, 0.1) is 10.8 Å². The Morgan fingerprint density at radius 1 is 1.00 bits per heavy atom. The Labute approximate surface area is 174 Å². The summed E-state index contributed by atoms with van der Waals surface area (Å²) in [7, 11) is 0. The molecule has 8 heteroatoms. The van der Waals surface area contributed by atoms with Gasteiger partial charge in [-0.15, -0.1) is 0 Å². The van der Waals surface area contributed by atoms with Crippen LogP contribution in [-0.4, -0.2) is 59.3 Å². The molecule has 2 amide bonds. The number of likely N-dealkylation sites (tertiary alicyclic amines) is 1. The summed E-state index contributed by atoms with van der Waals surface area (Å²) in [6, 6.07) is 16.3. The summed E-state index contributed by atoms with van der Waals surface area (Å²) in [5.41, 5.74) is 2.05. The fraction of sp³-hybridized carbons (Fsp3) is 0.364. The van der Waals surface area contributed by atoms with Gasteiger partial charge in [-0.2, -0.15) is 0 Å². The smallest absolute Gasteiger partial charge is 0.269 e. The summed E-state index contributed by atoms with van der Waals surface area (Å²) in [5.74, 6) is -0.212. The van der Waals surface area contributed by atoms with Crippen molar-refractivity contribution in [2.24, 2.45) is 5.92 Å². The lowest BCUT2D eigenvalue weighted by atomic mass is 10.1. The summed E-state index contributed by atoms with van der Waals surface area (Å²) in [6.45, 7) is 3.50. The molecule has 0 aromatic heterocycles. The third-order valence-corrected chi connectivity index (χ3v) is 5.80. The average molecular weight is 408 g/mol. The van der Waals surface area contributed by atoms with Crippen LogP contribution in [0.25, 0.3) is 0 Å². The van der Waals surface area contributed by atoms with Crippen LogP contribution in [0.2, 0.25) is 0 Å². The predicted octanol–water partition coefficient (Wildman–Crippen LogP) is 2.29. The highest BCUT2D eigenvalue weighted by molar-refractivity contribution is 5.89. The highest BCUT2D eigenvalue weighted by Gasteiger charge is 2.37. The zero-order chi connectivity index (χ0) is 21.1. The molecule has 0 unspecified atom stereocenters. The number of hydrogen-bond acceptors (Lipinski definition) is 5. The molecule has 0 bridgehead atoms. The molecule has 2 aromatic rings. The van der Waals surface area contributed by atoms with Crippen LogP contribution in [0, 0.1) is 16.0 Å². The summed E-state index contributed by atoms with van der Waals surface area (Å²) in [6.07, 6.45) is 0.272. The largest absolute Gasteiger partial charge is 0.368 e. The second-order valence-electron chi connectivity index (χ2n) is 7.75. The standard InChI is InChI=1S/C22H24N4O4/c27-21-14-18(16-25(21)15-17-4-2-1-3-5-17)22(28)24-12-10-23(11-13-24)19-6-8-20(9-7-19)26(29)30/h1-9,18H,10-16H2/t18-/m0/s1. The van der Waals surface area contributed by atoms with Gasteiger partial charge in [-0.1, -0.05) is 30.3 Å². The van der Waals surface area contributed by atoms with E-state index in [-0.39, 0.29) is 29.8 Å². The molecule has 1 atom stereocenters. The Bertz CT molecular complexity index is 924. The van der Waals surface area contributed by atoms with Crippen molar-refractivity contribution < 1.29 is 14.5 Å². The average Bonchev–Trinajstić information content (AvgIpc) is 3.14. The Kier molecular flexibility index (Phi) is 5.65. The van der Waals surface area contributed by atoms with Crippen LogP contribution in [0.15, 0.2) is 54.6 Å². The van der Waals surface area contributed by atoms with Crippen LogP contribution >= 0.6 is 0 Å². The number of nitrogens with zero attached hydrogens (tertiary/aromatic N) is 4. The Morgan fingerprint density at radius 2 is 1.67 bits per heavy atom. The maximum absolute atomic E-state index is 13.0. The molecule has 0 spiro atoms. The topological polar surface area (TPSA) is 87.0 Å². The quantitative estimate of drug-likeness (QED) is 0.560. The molecule has 30 heavy (non-hydrogen) atoms. The Hall–Kier alpha value is -3.42. The first-order chi connectivity index (χ1) is 14.5.